The summed E-state index contributed by atoms with van der Waals surface area (Å²) in [4.78, 5) is 59.0. The van der Waals surface area contributed by atoms with Crippen LogP contribution >= 0.6 is 15.6 Å². The van der Waals surface area contributed by atoms with Crippen molar-refractivity contribution in [3.05, 3.63) is 158 Å². The first-order valence-corrected chi connectivity index (χ1v) is 48.8. The number of carbonyl (C=O) groups excluding carboxylic acids is 3. The minimum Gasteiger partial charge on any atom is -0.463 e. The fourth-order valence-electron chi connectivity index (χ4n) is 12.3. The first-order valence-electron chi connectivity index (χ1n) is 45.8. The van der Waals surface area contributed by atoms with Gasteiger partial charge in [0, 0.05) is 19.3 Å². The lowest BCUT2D eigenvalue weighted by Crippen LogP contribution is -2.30. The van der Waals surface area contributed by atoms with E-state index >= 15 is 0 Å². The van der Waals surface area contributed by atoms with Gasteiger partial charge in [-0.3, -0.25) is 32.5 Å². The number of phosphoric ester groups is 2. The van der Waals surface area contributed by atoms with Crippen LogP contribution in [0.2, 0.25) is 0 Å². The van der Waals surface area contributed by atoms with E-state index in [-0.39, 0.29) is 19.3 Å². The van der Waals surface area contributed by atoms with Crippen LogP contribution in [-0.4, -0.2) is 95.9 Å². The maximum atomic E-state index is 13.1. The molecule has 0 saturated carbocycles. The number of carbonyl (C=O) groups is 3. The van der Waals surface area contributed by atoms with Crippen LogP contribution in [0.3, 0.4) is 0 Å². The quantitative estimate of drug-likeness (QED) is 0.0146. The van der Waals surface area contributed by atoms with Crippen LogP contribution in [-0.2, 0) is 55.8 Å². The van der Waals surface area contributed by atoms with Crippen LogP contribution in [0.25, 0.3) is 0 Å². The largest absolute Gasteiger partial charge is 0.472 e. The summed E-state index contributed by atoms with van der Waals surface area (Å²) in [6.07, 6.45) is 113. The standard InChI is InChI=1S/C97H166O16P2/c1-4-7-10-13-16-19-22-25-28-31-34-37-39-41-43-44-45-46-48-50-51-54-56-59-62-65-68-71-74-77-80-83-95(100)107-86-92(98)87-109-114(103,104)110-88-93(99)89-111-115(105,106)112-91-94(113-97(102)85-82-79-76-73-70-67-64-61-58-53-36-33-30-27-24-21-18-15-12-9-6-3)90-108-96(101)84-81-78-75-72-69-66-63-60-57-55-52-49-47-42-40-38-35-32-29-26-23-20-17-14-11-8-5-2/h9,12,16-21,25-30,34-38,41-43,47,53,61,64,92-94,98-99H,4-8,10-11,13-15,22-24,31-33,39-40,44-46,48-52,54-60,62-63,65-91H2,1-3H3,(H,103,104)(H,105,106)/b12-9-,19-16-,20-17-,21-18-,28-25-,29-26-,30-27-,37-34-,38-35-,43-41-,47-42-,53-36-,64-61-. The molecule has 4 N–H and O–H groups in total. The first-order chi connectivity index (χ1) is 56.2. The maximum absolute atomic E-state index is 13.1. The molecule has 0 aliphatic heterocycles. The molecule has 0 heterocycles. The fourth-order valence-corrected chi connectivity index (χ4v) is 13.9. The highest BCUT2D eigenvalue weighted by Crippen LogP contribution is 2.45. The zero-order chi connectivity index (χ0) is 83.6. The summed E-state index contributed by atoms with van der Waals surface area (Å²) in [6, 6.07) is 0. The second-order valence-corrected chi connectivity index (χ2v) is 33.3. The van der Waals surface area contributed by atoms with E-state index in [1.54, 1.807) is 0 Å². The molecule has 0 amide bonds. The SMILES string of the molecule is CC/C=C\C/C=C\C/C=C\C/C=C\C/C=C\CCCCCCCC(=O)OC(COC(=O)CCCCCCCCCCCCC/C=C\C/C=C\C/C=C\C/C=C\CCCCC)COP(=O)(O)OCC(O)COP(=O)(O)OCC(O)COC(=O)CCCCCCCCCCCCCCCCC/C=C\C/C=C\C/C=C\C/C=C\CCCCC. The van der Waals surface area contributed by atoms with E-state index in [0.717, 1.165) is 154 Å². The smallest absolute Gasteiger partial charge is 0.463 e. The third kappa shape index (κ3) is 89.8. The van der Waals surface area contributed by atoms with Crippen molar-refractivity contribution in [1.29, 1.82) is 0 Å². The highest BCUT2D eigenvalue weighted by Gasteiger charge is 2.29. The summed E-state index contributed by atoms with van der Waals surface area (Å²) in [5, 5.41) is 20.7. The molecule has 16 nitrogen and oxygen atoms in total. The summed E-state index contributed by atoms with van der Waals surface area (Å²) < 4.78 is 61.4. The number of esters is 3. The van der Waals surface area contributed by atoms with Crippen molar-refractivity contribution in [2.24, 2.45) is 0 Å². The third-order valence-electron chi connectivity index (χ3n) is 19.2. The number of rotatable bonds is 86. The molecular formula is C97H166O16P2. The van der Waals surface area contributed by atoms with Gasteiger partial charge in [0.15, 0.2) is 6.10 Å². The second kappa shape index (κ2) is 88.5. The molecule has 18 heteroatoms. The van der Waals surface area contributed by atoms with E-state index in [2.05, 4.69) is 179 Å². The van der Waals surface area contributed by atoms with E-state index in [4.69, 9.17) is 32.3 Å². The molecule has 0 aliphatic rings. The number of hydrogen-bond acceptors (Lipinski definition) is 14. The molecule has 115 heavy (non-hydrogen) atoms. The number of unbranched alkanes of at least 4 members (excludes halogenated alkanes) is 37. The van der Waals surface area contributed by atoms with Gasteiger partial charge in [-0.1, -0.05) is 365 Å². The molecule has 0 fully saturated rings. The third-order valence-corrected chi connectivity index (χ3v) is 21.1. The van der Waals surface area contributed by atoms with Gasteiger partial charge in [-0.05, 0) is 154 Å². The minimum atomic E-state index is -4.95. The summed E-state index contributed by atoms with van der Waals surface area (Å²) in [7, 11) is -9.82. The number of aliphatic hydroxyl groups excluding tert-OH is 2. The summed E-state index contributed by atoms with van der Waals surface area (Å²) >= 11 is 0. The highest BCUT2D eigenvalue weighted by atomic mass is 31.2. The molecule has 0 spiro atoms. The Balaban J connectivity index is 4.60. The minimum absolute atomic E-state index is 0.0777. The lowest BCUT2D eigenvalue weighted by Gasteiger charge is -2.21. The summed E-state index contributed by atoms with van der Waals surface area (Å²) in [5.41, 5.74) is 0. The van der Waals surface area contributed by atoms with Gasteiger partial charge in [0.2, 0.25) is 0 Å². The molecule has 0 rings (SSSR count). The molecule has 0 saturated heterocycles. The average Bonchev–Trinajstić information content (AvgIpc) is 0.880. The van der Waals surface area contributed by atoms with Gasteiger partial charge in [-0.25, -0.2) is 9.13 Å². The molecule has 0 aromatic carbocycles. The Morgan fingerprint density at radius 2 is 0.461 bits per heavy atom. The van der Waals surface area contributed by atoms with Crippen molar-refractivity contribution >= 4 is 33.6 Å². The molecule has 0 bridgehead atoms. The number of aliphatic hydroxyl groups is 2. The van der Waals surface area contributed by atoms with Crippen molar-refractivity contribution in [3.63, 3.8) is 0 Å². The van der Waals surface area contributed by atoms with Crippen molar-refractivity contribution in [1.82, 2.24) is 0 Å². The predicted molar refractivity (Wildman–Crippen MR) is 482 cm³/mol. The monoisotopic (exact) mass is 1650 g/mol. The Labute approximate surface area is 701 Å². The zero-order valence-corrected chi connectivity index (χ0v) is 74.5. The van der Waals surface area contributed by atoms with Gasteiger partial charge in [0.05, 0.1) is 26.4 Å². The zero-order valence-electron chi connectivity index (χ0n) is 72.7. The molecule has 0 aromatic rings. The van der Waals surface area contributed by atoms with E-state index in [1.807, 2.05) is 0 Å². The van der Waals surface area contributed by atoms with Crippen molar-refractivity contribution in [3.8, 4) is 0 Å². The van der Waals surface area contributed by atoms with Gasteiger partial charge in [0.1, 0.15) is 25.4 Å². The Kier molecular flexibility index (Phi) is 84.7. The molecule has 660 valence electrons. The molecule has 5 atom stereocenters. The van der Waals surface area contributed by atoms with E-state index in [9.17, 15) is 43.5 Å². The topological polar surface area (TPSA) is 231 Å². The fraction of sp³-hybridized carbons (Fsp3) is 0.701. The van der Waals surface area contributed by atoms with E-state index in [1.165, 1.54) is 167 Å². The van der Waals surface area contributed by atoms with Crippen LogP contribution in [0.5, 0.6) is 0 Å². The normalized spacial score (nSPS) is 14.5. The summed E-state index contributed by atoms with van der Waals surface area (Å²) in [5.74, 6) is -1.59. The predicted octanol–water partition coefficient (Wildman–Crippen LogP) is 28.1. The number of hydrogen-bond donors (Lipinski definition) is 4. The number of allylic oxidation sites excluding steroid dienone is 26. The molecule has 5 unspecified atom stereocenters. The summed E-state index contributed by atoms with van der Waals surface area (Å²) in [6.45, 7) is 2.53. The Morgan fingerprint density at radius 3 is 0.730 bits per heavy atom. The lowest BCUT2D eigenvalue weighted by molar-refractivity contribution is -0.161. The first kappa shape index (κ1) is 110. The van der Waals surface area contributed by atoms with Crippen molar-refractivity contribution in [2.75, 3.05) is 39.6 Å². The molecule has 0 aliphatic carbocycles. The van der Waals surface area contributed by atoms with Crippen LogP contribution < -0.4 is 0 Å². The molecule has 0 aromatic heterocycles. The Morgan fingerprint density at radius 1 is 0.252 bits per heavy atom. The molecular weight excluding hydrogens is 1480 g/mol. The van der Waals surface area contributed by atoms with Gasteiger partial charge >= 0.3 is 33.6 Å². The van der Waals surface area contributed by atoms with E-state index < -0.39 is 91.5 Å². The van der Waals surface area contributed by atoms with Gasteiger partial charge in [-0.2, -0.15) is 0 Å². The Hall–Kier alpha value is -4.83. The maximum Gasteiger partial charge on any atom is 0.472 e. The van der Waals surface area contributed by atoms with Gasteiger partial charge in [-0.15, -0.1) is 0 Å². The van der Waals surface area contributed by atoms with Crippen LogP contribution in [0.4, 0.5) is 0 Å². The van der Waals surface area contributed by atoms with E-state index in [0.29, 0.717) is 19.3 Å². The van der Waals surface area contributed by atoms with Crippen LogP contribution in [0, 0.1) is 0 Å². The average molecular weight is 1650 g/mol. The number of phosphoric acid groups is 2. The van der Waals surface area contributed by atoms with Gasteiger partial charge < -0.3 is 34.2 Å². The molecule has 0 radical (unpaired) electrons. The Bertz CT molecular complexity index is 2720. The lowest BCUT2D eigenvalue weighted by atomic mass is 10.0. The second-order valence-electron chi connectivity index (χ2n) is 30.4. The van der Waals surface area contributed by atoms with Crippen LogP contribution in [0.15, 0.2) is 158 Å². The van der Waals surface area contributed by atoms with Crippen molar-refractivity contribution < 1.29 is 75.8 Å². The van der Waals surface area contributed by atoms with Crippen molar-refractivity contribution in [2.45, 2.75) is 399 Å². The highest BCUT2D eigenvalue weighted by molar-refractivity contribution is 7.47. The van der Waals surface area contributed by atoms with Gasteiger partial charge in [0.25, 0.3) is 0 Å². The van der Waals surface area contributed by atoms with Crippen LogP contribution in [0.1, 0.15) is 380 Å². The number of ether oxygens (including phenoxy) is 3.